The van der Waals surface area contributed by atoms with Crippen LogP contribution in [0, 0.1) is 6.92 Å². The molecule has 1 aromatic carbocycles. The highest BCUT2D eigenvalue weighted by Gasteiger charge is 2.04. The molecule has 0 saturated carbocycles. The van der Waals surface area contributed by atoms with Crippen LogP contribution in [0.25, 0.3) is 0 Å². The van der Waals surface area contributed by atoms with Gasteiger partial charge in [-0.1, -0.05) is 36.8 Å². The normalized spacial score (nSPS) is 10.9. The fourth-order valence-electron chi connectivity index (χ4n) is 2.42. The zero-order valence-electron chi connectivity index (χ0n) is 12.8. The molecule has 0 unspecified atom stereocenters. The van der Waals surface area contributed by atoms with Crippen molar-refractivity contribution in [3.63, 3.8) is 0 Å². The molecule has 2 rings (SSSR count). The van der Waals surface area contributed by atoms with Crippen molar-refractivity contribution in [2.24, 2.45) is 0 Å². The first-order valence-electron chi connectivity index (χ1n) is 7.54. The Hall–Kier alpha value is -1.61. The summed E-state index contributed by atoms with van der Waals surface area (Å²) in [6.45, 7) is 9.27. The first-order valence-corrected chi connectivity index (χ1v) is 7.54. The van der Waals surface area contributed by atoms with Gasteiger partial charge in [0.25, 0.3) is 0 Å². The molecule has 3 heteroatoms. The molecule has 0 radical (unpaired) electrons. The summed E-state index contributed by atoms with van der Waals surface area (Å²) < 4.78 is 2.10. The first kappa shape index (κ1) is 14.8. The van der Waals surface area contributed by atoms with E-state index in [9.17, 15) is 0 Å². The minimum atomic E-state index is 0.895. The minimum Gasteiger partial charge on any atom is -0.311 e. The van der Waals surface area contributed by atoms with Gasteiger partial charge in [0, 0.05) is 13.1 Å². The standard InChI is InChI=1S/C17H25N3/c1-4-16-12-17(20(5-2)19-16)13-18-10-9-15-8-6-7-14(3)11-15/h6-8,11-12,18H,4-5,9-10,13H2,1-3H3. The Bertz CT molecular complexity index is 543. The van der Waals surface area contributed by atoms with E-state index in [1.165, 1.54) is 22.5 Å². The van der Waals surface area contributed by atoms with Crippen LogP contribution in [-0.2, 0) is 25.9 Å². The quantitative estimate of drug-likeness (QED) is 0.784. The molecule has 0 atom stereocenters. The molecule has 0 bridgehead atoms. The second kappa shape index (κ2) is 7.25. The number of hydrogen-bond acceptors (Lipinski definition) is 2. The van der Waals surface area contributed by atoms with Crippen molar-refractivity contribution in [3.8, 4) is 0 Å². The lowest BCUT2D eigenvalue weighted by Crippen LogP contribution is -2.19. The third-order valence-electron chi connectivity index (χ3n) is 3.55. The number of aromatic nitrogens is 2. The molecular weight excluding hydrogens is 246 g/mol. The van der Waals surface area contributed by atoms with E-state index < -0.39 is 0 Å². The van der Waals surface area contributed by atoms with Crippen molar-refractivity contribution in [2.45, 2.75) is 46.7 Å². The number of aryl methyl sites for hydroxylation is 3. The van der Waals surface area contributed by atoms with Gasteiger partial charge in [0.05, 0.1) is 11.4 Å². The minimum absolute atomic E-state index is 0.895. The SMILES string of the molecule is CCc1cc(CNCCc2cccc(C)c2)n(CC)n1. The van der Waals surface area contributed by atoms with E-state index in [2.05, 4.69) is 66.2 Å². The highest BCUT2D eigenvalue weighted by Crippen LogP contribution is 2.06. The lowest BCUT2D eigenvalue weighted by molar-refractivity contribution is 0.578. The molecule has 3 nitrogen and oxygen atoms in total. The average molecular weight is 271 g/mol. The summed E-state index contributed by atoms with van der Waals surface area (Å²) >= 11 is 0. The Morgan fingerprint density at radius 1 is 1.20 bits per heavy atom. The molecule has 20 heavy (non-hydrogen) atoms. The van der Waals surface area contributed by atoms with Gasteiger partial charge in [-0.2, -0.15) is 5.10 Å². The molecule has 0 saturated heterocycles. The number of benzene rings is 1. The van der Waals surface area contributed by atoms with Crippen molar-refractivity contribution in [1.82, 2.24) is 15.1 Å². The highest BCUT2D eigenvalue weighted by molar-refractivity contribution is 5.22. The number of nitrogens with one attached hydrogen (secondary N) is 1. The lowest BCUT2D eigenvalue weighted by Gasteiger charge is -2.07. The highest BCUT2D eigenvalue weighted by atomic mass is 15.3. The van der Waals surface area contributed by atoms with Gasteiger partial charge in [-0.3, -0.25) is 4.68 Å². The van der Waals surface area contributed by atoms with Crippen molar-refractivity contribution in [1.29, 1.82) is 0 Å². The Balaban J connectivity index is 1.82. The summed E-state index contributed by atoms with van der Waals surface area (Å²) in [4.78, 5) is 0. The summed E-state index contributed by atoms with van der Waals surface area (Å²) in [6.07, 6.45) is 2.08. The van der Waals surface area contributed by atoms with E-state index in [1.807, 2.05) is 0 Å². The molecule has 1 N–H and O–H groups in total. The zero-order chi connectivity index (χ0) is 14.4. The largest absolute Gasteiger partial charge is 0.311 e. The van der Waals surface area contributed by atoms with Gasteiger partial charge in [0.2, 0.25) is 0 Å². The molecule has 1 heterocycles. The predicted octanol–water partition coefficient (Wildman–Crippen LogP) is 3.11. The van der Waals surface area contributed by atoms with Crippen LogP contribution in [-0.4, -0.2) is 16.3 Å². The molecule has 1 aromatic heterocycles. The Morgan fingerprint density at radius 3 is 2.75 bits per heavy atom. The average Bonchev–Trinajstić information content (AvgIpc) is 2.86. The summed E-state index contributed by atoms with van der Waals surface area (Å²) in [6, 6.07) is 10.9. The summed E-state index contributed by atoms with van der Waals surface area (Å²) in [5.74, 6) is 0. The second-order valence-corrected chi connectivity index (χ2v) is 5.21. The maximum absolute atomic E-state index is 4.57. The van der Waals surface area contributed by atoms with E-state index in [0.717, 1.165) is 32.5 Å². The fourth-order valence-corrected chi connectivity index (χ4v) is 2.42. The van der Waals surface area contributed by atoms with Crippen molar-refractivity contribution in [3.05, 3.63) is 52.8 Å². The third-order valence-corrected chi connectivity index (χ3v) is 3.55. The van der Waals surface area contributed by atoms with Crippen LogP contribution >= 0.6 is 0 Å². The van der Waals surface area contributed by atoms with Crippen LogP contribution in [0.15, 0.2) is 30.3 Å². The van der Waals surface area contributed by atoms with Crippen molar-refractivity contribution >= 4 is 0 Å². The van der Waals surface area contributed by atoms with E-state index in [4.69, 9.17) is 0 Å². The van der Waals surface area contributed by atoms with Crippen LogP contribution in [0.5, 0.6) is 0 Å². The molecular formula is C17H25N3. The van der Waals surface area contributed by atoms with Gasteiger partial charge in [0.15, 0.2) is 0 Å². The third kappa shape index (κ3) is 3.94. The topological polar surface area (TPSA) is 29.9 Å². The Labute approximate surface area is 122 Å². The van der Waals surface area contributed by atoms with Crippen LogP contribution in [0.3, 0.4) is 0 Å². The summed E-state index contributed by atoms with van der Waals surface area (Å²) in [7, 11) is 0. The molecule has 2 aromatic rings. The van der Waals surface area contributed by atoms with Gasteiger partial charge >= 0.3 is 0 Å². The molecule has 0 fully saturated rings. The molecule has 0 aliphatic carbocycles. The summed E-state index contributed by atoms with van der Waals surface area (Å²) in [5.41, 5.74) is 5.20. The van der Waals surface area contributed by atoms with Crippen LogP contribution in [0.2, 0.25) is 0 Å². The molecule has 0 amide bonds. The lowest BCUT2D eigenvalue weighted by atomic mass is 10.1. The molecule has 0 aliphatic heterocycles. The van der Waals surface area contributed by atoms with Gasteiger partial charge in [-0.05, 0) is 44.9 Å². The first-order chi connectivity index (χ1) is 9.72. The molecule has 0 aliphatic rings. The van der Waals surface area contributed by atoms with Crippen LogP contribution in [0.1, 0.15) is 36.4 Å². The van der Waals surface area contributed by atoms with Crippen LogP contribution < -0.4 is 5.32 Å². The molecule has 108 valence electrons. The summed E-state index contributed by atoms with van der Waals surface area (Å²) in [5, 5.41) is 8.09. The van der Waals surface area contributed by atoms with E-state index >= 15 is 0 Å². The van der Waals surface area contributed by atoms with Crippen molar-refractivity contribution in [2.75, 3.05) is 6.54 Å². The monoisotopic (exact) mass is 271 g/mol. The Morgan fingerprint density at radius 2 is 2.05 bits per heavy atom. The van der Waals surface area contributed by atoms with E-state index in [0.29, 0.717) is 0 Å². The van der Waals surface area contributed by atoms with Gasteiger partial charge in [0.1, 0.15) is 0 Å². The fraction of sp³-hybridized carbons (Fsp3) is 0.471. The van der Waals surface area contributed by atoms with Gasteiger partial charge in [-0.15, -0.1) is 0 Å². The van der Waals surface area contributed by atoms with Crippen LogP contribution in [0.4, 0.5) is 0 Å². The molecule has 0 spiro atoms. The van der Waals surface area contributed by atoms with Gasteiger partial charge in [-0.25, -0.2) is 0 Å². The maximum atomic E-state index is 4.57. The smallest absolute Gasteiger partial charge is 0.0625 e. The maximum Gasteiger partial charge on any atom is 0.0625 e. The number of rotatable bonds is 7. The van der Waals surface area contributed by atoms with E-state index in [1.54, 1.807) is 0 Å². The van der Waals surface area contributed by atoms with Crippen molar-refractivity contribution < 1.29 is 0 Å². The van der Waals surface area contributed by atoms with E-state index in [-0.39, 0.29) is 0 Å². The number of hydrogen-bond donors (Lipinski definition) is 1. The zero-order valence-corrected chi connectivity index (χ0v) is 12.8. The number of nitrogens with zero attached hydrogens (tertiary/aromatic N) is 2. The predicted molar refractivity (Wildman–Crippen MR) is 83.9 cm³/mol. The van der Waals surface area contributed by atoms with Gasteiger partial charge < -0.3 is 5.32 Å². The Kier molecular flexibility index (Phi) is 5.36. The second-order valence-electron chi connectivity index (χ2n) is 5.21.